The van der Waals surface area contributed by atoms with Crippen molar-refractivity contribution in [2.75, 3.05) is 21.3 Å². The highest BCUT2D eigenvalue weighted by atomic mass is 32.2. The number of nitrogens with zero attached hydrogens (tertiary/aromatic N) is 4. The molecule has 2 aromatic heterocycles. The summed E-state index contributed by atoms with van der Waals surface area (Å²) in [6.45, 7) is 3.55. The van der Waals surface area contributed by atoms with Crippen LogP contribution < -0.4 is 14.2 Å². The lowest BCUT2D eigenvalue weighted by Crippen LogP contribution is -1.95. The molecule has 0 radical (unpaired) electrons. The Morgan fingerprint density at radius 2 is 1.70 bits per heavy atom. The van der Waals surface area contributed by atoms with Gasteiger partial charge in [0.2, 0.25) is 23.4 Å². The SMILES string of the molecule is COc1cc(-c2nnc(SC(C)c3nc(-c4ccc(C)c(F)c4)no3)o2)cc(OC)c1OC. The van der Waals surface area contributed by atoms with E-state index in [4.69, 9.17) is 23.2 Å². The Hall–Kier alpha value is -3.60. The van der Waals surface area contributed by atoms with Crippen molar-refractivity contribution in [3.8, 4) is 40.1 Å². The van der Waals surface area contributed by atoms with Gasteiger partial charge in [-0.2, -0.15) is 4.98 Å². The molecule has 11 heteroatoms. The fraction of sp³-hybridized carbons (Fsp3) is 0.273. The number of aryl methyl sites for hydroxylation is 1. The fourth-order valence-electron chi connectivity index (χ4n) is 3.03. The van der Waals surface area contributed by atoms with Gasteiger partial charge >= 0.3 is 0 Å². The molecule has 0 amide bonds. The summed E-state index contributed by atoms with van der Waals surface area (Å²) >= 11 is 1.26. The highest BCUT2D eigenvalue weighted by Crippen LogP contribution is 2.42. The number of rotatable bonds is 8. The Labute approximate surface area is 193 Å². The fourth-order valence-corrected chi connectivity index (χ4v) is 3.74. The molecule has 2 heterocycles. The lowest BCUT2D eigenvalue weighted by atomic mass is 10.1. The third-order valence-electron chi connectivity index (χ3n) is 4.82. The lowest BCUT2D eigenvalue weighted by Gasteiger charge is -2.12. The van der Waals surface area contributed by atoms with E-state index >= 15 is 0 Å². The van der Waals surface area contributed by atoms with Crippen LogP contribution in [0.3, 0.4) is 0 Å². The molecule has 4 aromatic rings. The molecule has 0 N–H and O–H groups in total. The molecule has 0 aliphatic heterocycles. The maximum atomic E-state index is 13.9. The number of hydrogen-bond acceptors (Lipinski definition) is 10. The highest BCUT2D eigenvalue weighted by molar-refractivity contribution is 7.99. The molecular formula is C22H21FN4O5S. The topological polar surface area (TPSA) is 106 Å². The molecule has 9 nitrogen and oxygen atoms in total. The summed E-state index contributed by atoms with van der Waals surface area (Å²) in [6.07, 6.45) is 0. The first-order chi connectivity index (χ1) is 15.9. The smallest absolute Gasteiger partial charge is 0.277 e. The molecule has 0 bridgehead atoms. The van der Waals surface area contributed by atoms with Crippen LogP contribution in [0.15, 0.2) is 44.5 Å². The lowest BCUT2D eigenvalue weighted by molar-refractivity contribution is 0.324. The second kappa shape index (κ2) is 9.49. The zero-order chi connectivity index (χ0) is 23.5. The third-order valence-corrected chi connectivity index (χ3v) is 5.74. The van der Waals surface area contributed by atoms with Crippen LogP contribution in [0.1, 0.15) is 23.6 Å². The van der Waals surface area contributed by atoms with E-state index in [1.54, 1.807) is 31.2 Å². The van der Waals surface area contributed by atoms with Crippen LogP contribution in [0.2, 0.25) is 0 Å². The predicted molar refractivity (Wildman–Crippen MR) is 118 cm³/mol. The summed E-state index contributed by atoms with van der Waals surface area (Å²) in [6, 6.07) is 8.23. The Balaban J connectivity index is 1.52. The minimum Gasteiger partial charge on any atom is -0.493 e. The maximum Gasteiger partial charge on any atom is 0.277 e. The Morgan fingerprint density at radius 3 is 2.33 bits per heavy atom. The molecule has 0 saturated heterocycles. The van der Waals surface area contributed by atoms with Gasteiger partial charge < -0.3 is 23.2 Å². The molecule has 1 atom stereocenters. The molecule has 1 unspecified atom stereocenters. The van der Waals surface area contributed by atoms with Crippen molar-refractivity contribution in [2.45, 2.75) is 24.3 Å². The van der Waals surface area contributed by atoms with Crippen molar-refractivity contribution < 1.29 is 27.5 Å². The first kappa shape index (κ1) is 22.6. The van der Waals surface area contributed by atoms with Crippen molar-refractivity contribution in [3.05, 3.63) is 47.6 Å². The number of thioether (sulfide) groups is 1. The van der Waals surface area contributed by atoms with E-state index in [9.17, 15) is 4.39 Å². The van der Waals surface area contributed by atoms with Gasteiger partial charge in [0.1, 0.15) is 5.82 Å². The van der Waals surface area contributed by atoms with Gasteiger partial charge in [-0.15, -0.1) is 10.2 Å². The third kappa shape index (κ3) is 4.63. The van der Waals surface area contributed by atoms with E-state index in [0.29, 0.717) is 50.9 Å². The minimum absolute atomic E-state index is 0.283. The van der Waals surface area contributed by atoms with Crippen LogP contribution in [-0.2, 0) is 0 Å². The van der Waals surface area contributed by atoms with Crippen LogP contribution >= 0.6 is 11.8 Å². The number of benzene rings is 2. The minimum atomic E-state index is -0.327. The standard InChI is InChI=1S/C22H21FN4O5S/c1-11-6-7-13(8-15(11)23)19-24-20(32-27-19)12(2)33-22-26-25-21(31-22)14-9-16(28-3)18(30-5)17(10-14)29-4/h6-10,12H,1-5H3. The van der Waals surface area contributed by atoms with Crippen LogP contribution in [0.4, 0.5) is 4.39 Å². The van der Waals surface area contributed by atoms with Crippen LogP contribution in [0.25, 0.3) is 22.8 Å². The number of methoxy groups -OCH3 is 3. The number of halogens is 1. The zero-order valence-corrected chi connectivity index (χ0v) is 19.4. The van der Waals surface area contributed by atoms with Gasteiger partial charge in [0, 0.05) is 11.1 Å². The van der Waals surface area contributed by atoms with Gasteiger partial charge in [-0.25, -0.2) is 4.39 Å². The maximum absolute atomic E-state index is 13.9. The molecule has 0 aliphatic carbocycles. The van der Waals surface area contributed by atoms with Gasteiger partial charge in [0.15, 0.2) is 11.5 Å². The summed E-state index contributed by atoms with van der Waals surface area (Å²) in [5, 5.41) is 12.2. The largest absolute Gasteiger partial charge is 0.493 e. The van der Waals surface area contributed by atoms with E-state index in [-0.39, 0.29) is 17.0 Å². The van der Waals surface area contributed by atoms with Crippen molar-refractivity contribution in [2.24, 2.45) is 0 Å². The van der Waals surface area contributed by atoms with E-state index in [1.807, 2.05) is 6.92 Å². The molecule has 0 spiro atoms. The quantitative estimate of drug-likeness (QED) is 0.321. The average Bonchev–Trinajstić information content (AvgIpc) is 3.50. The predicted octanol–water partition coefficient (Wildman–Crippen LogP) is 5.11. The summed E-state index contributed by atoms with van der Waals surface area (Å²) in [5.74, 6) is 2.02. The second-order valence-corrected chi connectivity index (χ2v) is 8.26. The molecule has 2 aromatic carbocycles. The number of ether oxygens (including phenoxy) is 3. The number of aromatic nitrogens is 4. The van der Waals surface area contributed by atoms with Gasteiger partial charge in [-0.05, 0) is 37.6 Å². The van der Waals surface area contributed by atoms with E-state index in [1.165, 1.54) is 39.2 Å². The van der Waals surface area contributed by atoms with Gasteiger partial charge in [0.05, 0.1) is 26.6 Å². The van der Waals surface area contributed by atoms with Crippen molar-refractivity contribution >= 4 is 11.8 Å². The normalized spacial score (nSPS) is 11.9. The molecule has 0 fully saturated rings. The first-order valence-electron chi connectivity index (χ1n) is 9.84. The van der Waals surface area contributed by atoms with Crippen LogP contribution in [0, 0.1) is 12.7 Å². The first-order valence-corrected chi connectivity index (χ1v) is 10.7. The Morgan fingerprint density at radius 1 is 0.970 bits per heavy atom. The molecule has 33 heavy (non-hydrogen) atoms. The highest BCUT2D eigenvalue weighted by Gasteiger charge is 2.22. The van der Waals surface area contributed by atoms with Crippen LogP contribution in [-0.4, -0.2) is 41.7 Å². The Bertz CT molecular complexity index is 1250. The Kier molecular flexibility index (Phi) is 6.50. The van der Waals surface area contributed by atoms with Gasteiger partial charge in [-0.3, -0.25) is 0 Å². The van der Waals surface area contributed by atoms with Crippen molar-refractivity contribution in [1.29, 1.82) is 0 Å². The molecular weight excluding hydrogens is 451 g/mol. The average molecular weight is 472 g/mol. The summed E-state index contributed by atoms with van der Waals surface area (Å²) in [4.78, 5) is 4.37. The molecule has 172 valence electrons. The van der Waals surface area contributed by atoms with Gasteiger partial charge in [-0.1, -0.05) is 29.1 Å². The van der Waals surface area contributed by atoms with E-state index < -0.39 is 0 Å². The van der Waals surface area contributed by atoms with Crippen molar-refractivity contribution in [3.63, 3.8) is 0 Å². The zero-order valence-electron chi connectivity index (χ0n) is 18.6. The molecule has 4 rings (SSSR count). The van der Waals surface area contributed by atoms with Crippen molar-refractivity contribution in [1.82, 2.24) is 20.3 Å². The molecule has 0 aliphatic rings. The summed E-state index contributed by atoms with van der Waals surface area (Å²) < 4.78 is 41.1. The monoisotopic (exact) mass is 472 g/mol. The van der Waals surface area contributed by atoms with E-state index in [2.05, 4.69) is 20.3 Å². The van der Waals surface area contributed by atoms with Crippen LogP contribution in [0.5, 0.6) is 17.2 Å². The number of hydrogen-bond donors (Lipinski definition) is 0. The second-order valence-electron chi connectivity index (χ2n) is 6.97. The van der Waals surface area contributed by atoms with E-state index in [0.717, 1.165) is 0 Å². The summed E-state index contributed by atoms with van der Waals surface area (Å²) in [5.41, 5.74) is 1.69. The summed E-state index contributed by atoms with van der Waals surface area (Å²) in [7, 11) is 4.59. The molecule has 0 saturated carbocycles. The van der Waals surface area contributed by atoms with Gasteiger partial charge in [0.25, 0.3) is 5.22 Å².